The van der Waals surface area contributed by atoms with Gasteiger partial charge in [-0.1, -0.05) is 34.8 Å². The quantitative estimate of drug-likeness (QED) is 0.508. The lowest BCUT2D eigenvalue weighted by Crippen LogP contribution is -2.30. The van der Waals surface area contributed by atoms with E-state index in [0.29, 0.717) is 43.6 Å². The van der Waals surface area contributed by atoms with E-state index in [1.165, 1.54) is 0 Å². The van der Waals surface area contributed by atoms with Gasteiger partial charge in [0, 0.05) is 16.3 Å². The molecule has 5 nitrogen and oxygen atoms in total. The Hall–Kier alpha value is -2.18. The minimum absolute atomic E-state index is 0.212. The molecule has 1 amide bonds. The summed E-state index contributed by atoms with van der Waals surface area (Å²) in [5.41, 5.74) is 1.11. The maximum Gasteiger partial charge on any atom is 0.265 e. The maximum atomic E-state index is 12.5. The number of rotatable bonds is 6. The first-order valence-electron chi connectivity index (χ1n) is 8.29. The van der Waals surface area contributed by atoms with Gasteiger partial charge in [-0.2, -0.15) is 0 Å². The van der Waals surface area contributed by atoms with Crippen LogP contribution < -0.4 is 10.1 Å². The van der Waals surface area contributed by atoms with Crippen molar-refractivity contribution in [1.82, 2.24) is 0 Å². The largest absolute Gasteiger partial charge is 0.479 e. The van der Waals surface area contributed by atoms with Gasteiger partial charge in [-0.3, -0.25) is 4.79 Å². The van der Waals surface area contributed by atoms with Crippen molar-refractivity contribution in [2.24, 2.45) is 0 Å². The fourth-order valence-electron chi connectivity index (χ4n) is 2.46. The van der Waals surface area contributed by atoms with E-state index in [1.807, 2.05) is 0 Å². The summed E-state index contributed by atoms with van der Waals surface area (Å²) in [6.45, 7) is 1.40. The molecule has 0 saturated heterocycles. The van der Waals surface area contributed by atoms with Gasteiger partial charge in [0.2, 0.25) is 0 Å². The number of nitrogens with one attached hydrogen (secondary N) is 1. The normalized spacial score (nSPS) is 11.9. The van der Waals surface area contributed by atoms with E-state index in [-0.39, 0.29) is 12.5 Å². The summed E-state index contributed by atoms with van der Waals surface area (Å²) in [6.07, 6.45) is -0.803. The van der Waals surface area contributed by atoms with Crippen molar-refractivity contribution in [1.29, 1.82) is 0 Å². The van der Waals surface area contributed by atoms with Crippen LogP contribution in [0, 0.1) is 0 Å². The van der Waals surface area contributed by atoms with Crippen molar-refractivity contribution in [2.75, 3.05) is 5.32 Å². The molecule has 0 fully saturated rings. The molecular weight excluding hydrogens is 425 g/mol. The second-order valence-electron chi connectivity index (χ2n) is 5.94. The third kappa shape index (κ3) is 4.80. The lowest BCUT2D eigenvalue weighted by atomic mass is 10.1. The molecule has 2 N–H and O–H groups in total. The second-order valence-corrected chi connectivity index (χ2v) is 7.19. The van der Waals surface area contributed by atoms with Crippen molar-refractivity contribution >= 4 is 46.4 Å². The molecule has 0 aliphatic carbocycles. The number of hydrogen-bond acceptors (Lipinski definition) is 4. The Kier molecular flexibility index (Phi) is 6.52. The van der Waals surface area contributed by atoms with Gasteiger partial charge in [0.15, 0.2) is 6.10 Å². The third-order valence-corrected chi connectivity index (χ3v) is 4.74. The lowest BCUT2D eigenvalue weighted by Gasteiger charge is -2.16. The SMILES string of the molecule is C[C@@H](Oc1ccc(Cl)cc1Cl)C(=O)Nc1ccc(Cl)c(-c2ccc(CO)o2)c1. The average molecular weight is 441 g/mol. The molecule has 146 valence electrons. The van der Waals surface area contributed by atoms with E-state index in [2.05, 4.69) is 5.32 Å². The number of ether oxygens (including phenoxy) is 1. The standard InChI is InChI=1S/C20H16Cl3NO4/c1-11(27-19-6-2-12(21)8-17(19)23)20(26)24-13-3-5-16(22)15(9-13)18-7-4-14(10-25)28-18/h2-9,11,25H,10H2,1H3,(H,24,26)/t11-/m1/s1. The highest BCUT2D eigenvalue weighted by Gasteiger charge is 2.18. The number of amides is 1. The number of aliphatic hydroxyl groups excluding tert-OH is 1. The van der Waals surface area contributed by atoms with Crippen molar-refractivity contribution in [3.05, 3.63) is 69.4 Å². The van der Waals surface area contributed by atoms with Gasteiger partial charge in [0.25, 0.3) is 5.91 Å². The summed E-state index contributed by atoms with van der Waals surface area (Å²) in [4.78, 5) is 12.5. The second kappa shape index (κ2) is 8.88. The van der Waals surface area contributed by atoms with E-state index < -0.39 is 6.10 Å². The Morgan fingerprint density at radius 3 is 2.57 bits per heavy atom. The van der Waals surface area contributed by atoms with Crippen LogP contribution in [0.4, 0.5) is 5.69 Å². The van der Waals surface area contributed by atoms with Crippen LogP contribution in [-0.2, 0) is 11.4 Å². The smallest absolute Gasteiger partial charge is 0.265 e. The Morgan fingerprint density at radius 1 is 1.11 bits per heavy atom. The molecule has 2 aromatic carbocycles. The molecule has 0 bridgehead atoms. The Morgan fingerprint density at radius 2 is 1.89 bits per heavy atom. The highest BCUT2D eigenvalue weighted by atomic mass is 35.5. The van der Waals surface area contributed by atoms with E-state index in [9.17, 15) is 4.79 Å². The van der Waals surface area contributed by atoms with E-state index in [0.717, 1.165) is 0 Å². The number of hydrogen-bond donors (Lipinski definition) is 2. The zero-order chi connectivity index (χ0) is 20.3. The molecule has 3 rings (SSSR count). The molecule has 0 radical (unpaired) electrons. The number of benzene rings is 2. The Bertz CT molecular complexity index is 1000. The first kappa shape index (κ1) is 20.6. The van der Waals surface area contributed by atoms with Crippen LogP contribution in [0.25, 0.3) is 11.3 Å². The zero-order valence-corrected chi connectivity index (χ0v) is 17.0. The molecule has 0 saturated carbocycles. The van der Waals surface area contributed by atoms with Crippen LogP contribution in [0.15, 0.2) is 52.9 Å². The monoisotopic (exact) mass is 439 g/mol. The maximum absolute atomic E-state index is 12.5. The highest BCUT2D eigenvalue weighted by Crippen LogP contribution is 2.32. The molecule has 1 atom stereocenters. The topological polar surface area (TPSA) is 71.7 Å². The first-order chi connectivity index (χ1) is 13.4. The predicted octanol–water partition coefficient (Wildman–Crippen LogP) is 5.81. The number of halogens is 3. The molecule has 1 heterocycles. The summed E-state index contributed by atoms with van der Waals surface area (Å²) < 4.78 is 11.1. The van der Waals surface area contributed by atoms with Crippen molar-refractivity contribution < 1.29 is 19.1 Å². The number of furan rings is 1. The number of carbonyl (C=O) groups is 1. The molecule has 28 heavy (non-hydrogen) atoms. The van der Waals surface area contributed by atoms with E-state index >= 15 is 0 Å². The lowest BCUT2D eigenvalue weighted by molar-refractivity contribution is -0.122. The summed E-state index contributed by atoms with van der Waals surface area (Å²) in [6, 6.07) is 13.1. The fourth-order valence-corrected chi connectivity index (χ4v) is 3.12. The van der Waals surface area contributed by atoms with Crippen molar-refractivity contribution in [3.8, 4) is 17.1 Å². The Labute approximate surface area is 176 Å². The number of anilines is 1. The fraction of sp³-hybridized carbons (Fsp3) is 0.150. The van der Waals surface area contributed by atoms with Crippen molar-refractivity contribution in [3.63, 3.8) is 0 Å². The summed E-state index contributed by atoms with van der Waals surface area (Å²) >= 11 is 18.2. The minimum Gasteiger partial charge on any atom is -0.479 e. The van der Waals surface area contributed by atoms with E-state index in [4.69, 9.17) is 49.1 Å². The third-order valence-electron chi connectivity index (χ3n) is 3.88. The van der Waals surface area contributed by atoms with Gasteiger partial charge in [-0.05, 0) is 55.5 Å². The first-order valence-corrected chi connectivity index (χ1v) is 9.43. The van der Waals surface area contributed by atoms with E-state index in [1.54, 1.807) is 55.5 Å². The van der Waals surface area contributed by atoms with Crippen LogP contribution in [0.1, 0.15) is 12.7 Å². The summed E-state index contributed by atoms with van der Waals surface area (Å²) in [5, 5.41) is 13.2. The molecular formula is C20H16Cl3NO4. The van der Waals surface area contributed by atoms with Gasteiger partial charge in [0.1, 0.15) is 23.9 Å². The molecule has 0 spiro atoms. The molecule has 0 unspecified atom stereocenters. The molecule has 3 aromatic rings. The number of carbonyl (C=O) groups excluding carboxylic acids is 1. The van der Waals surface area contributed by atoms with Gasteiger partial charge in [0.05, 0.1) is 10.0 Å². The zero-order valence-electron chi connectivity index (χ0n) is 14.7. The summed E-state index contributed by atoms with van der Waals surface area (Å²) in [5.74, 6) is 0.900. The highest BCUT2D eigenvalue weighted by molar-refractivity contribution is 6.35. The average Bonchev–Trinajstić information content (AvgIpc) is 3.14. The molecule has 1 aromatic heterocycles. The van der Waals surface area contributed by atoms with Crippen LogP contribution in [-0.4, -0.2) is 17.1 Å². The molecule has 0 aliphatic heterocycles. The summed E-state index contributed by atoms with van der Waals surface area (Å²) in [7, 11) is 0. The van der Waals surface area contributed by atoms with Crippen LogP contribution >= 0.6 is 34.8 Å². The molecule has 0 aliphatic rings. The van der Waals surface area contributed by atoms with Gasteiger partial charge >= 0.3 is 0 Å². The Balaban J connectivity index is 1.73. The number of aliphatic hydroxyl groups is 1. The van der Waals surface area contributed by atoms with Crippen LogP contribution in [0.2, 0.25) is 15.1 Å². The van der Waals surface area contributed by atoms with Crippen LogP contribution in [0.3, 0.4) is 0 Å². The molecule has 8 heteroatoms. The van der Waals surface area contributed by atoms with Gasteiger partial charge in [-0.25, -0.2) is 0 Å². The van der Waals surface area contributed by atoms with Crippen LogP contribution in [0.5, 0.6) is 5.75 Å². The van der Waals surface area contributed by atoms with Gasteiger partial charge < -0.3 is 19.6 Å². The predicted molar refractivity (Wildman–Crippen MR) is 110 cm³/mol. The van der Waals surface area contributed by atoms with Crippen molar-refractivity contribution in [2.45, 2.75) is 19.6 Å². The minimum atomic E-state index is -0.803. The van der Waals surface area contributed by atoms with Gasteiger partial charge in [-0.15, -0.1) is 0 Å².